The second-order valence-electron chi connectivity index (χ2n) is 2.40. The number of aliphatic hydroxyl groups excluding tert-OH is 1. The molecule has 0 amide bonds. The summed E-state index contributed by atoms with van der Waals surface area (Å²) in [5, 5.41) is 11.8. The van der Waals surface area contributed by atoms with E-state index in [1.165, 1.54) is 11.3 Å². The minimum atomic E-state index is -0.834. The Morgan fingerprint density at radius 1 is 1.85 bits per heavy atom. The third kappa shape index (κ3) is 3.12. The second-order valence-corrected chi connectivity index (χ2v) is 3.32. The Labute approximate surface area is 80.2 Å². The predicted molar refractivity (Wildman–Crippen MR) is 48.3 cm³/mol. The monoisotopic (exact) mass is 201 g/mol. The quantitative estimate of drug-likeness (QED) is 0.742. The van der Waals surface area contributed by atoms with Crippen LogP contribution in [0.4, 0.5) is 0 Å². The Hall–Kier alpha value is -0.940. The van der Waals surface area contributed by atoms with Crippen LogP contribution in [0.3, 0.4) is 0 Å². The zero-order valence-electron chi connectivity index (χ0n) is 7.27. The lowest BCUT2D eigenvalue weighted by Crippen LogP contribution is -2.09. The molecule has 0 saturated heterocycles. The van der Waals surface area contributed by atoms with Crippen LogP contribution in [0, 0.1) is 0 Å². The van der Waals surface area contributed by atoms with Crippen LogP contribution in [0.15, 0.2) is 11.6 Å². The molecule has 1 unspecified atom stereocenters. The van der Waals surface area contributed by atoms with Crippen molar-refractivity contribution in [2.75, 3.05) is 6.61 Å². The molecule has 0 aromatic carbocycles. The first-order valence-electron chi connectivity index (χ1n) is 3.97. The molecule has 5 heteroatoms. The topological polar surface area (TPSA) is 59.4 Å². The van der Waals surface area contributed by atoms with E-state index in [-0.39, 0.29) is 6.42 Å². The first-order valence-corrected chi connectivity index (χ1v) is 4.85. The van der Waals surface area contributed by atoms with E-state index in [2.05, 4.69) is 9.72 Å². The molecular weight excluding hydrogens is 190 g/mol. The fraction of sp³-hybridized carbons (Fsp3) is 0.500. The van der Waals surface area contributed by atoms with Crippen molar-refractivity contribution in [3.05, 3.63) is 16.6 Å². The van der Waals surface area contributed by atoms with E-state index in [1.807, 2.05) is 0 Å². The van der Waals surface area contributed by atoms with Gasteiger partial charge in [-0.15, -0.1) is 11.3 Å². The van der Waals surface area contributed by atoms with E-state index in [9.17, 15) is 9.90 Å². The van der Waals surface area contributed by atoms with Crippen molar-refractivity contribution in [3.63, 3.8) is 0 Å². The summed E-state index contributed by atoms with van der Waals surface area (Å²) in [5.74, 6) is -0.398. The highest BCUT2D eigenvalue weighted by atomic mass is 32.1. The summed E-state index contributed by atoms with van der Waals surface area (Å²) < 4.78 is 4.69. The van der Waals surface area contributed by atoms with Gasteiger partial charge in [-0.3, -0.25) is 4.79 Å². The standard InChI is InChI=1S/C8H11NO3S/c1-2-12-7(11)5-6(10)8-9-3-4-13-8/h3-4,6,10H,2,5H2,1H3. The predicted octanol–water partition coefficient (Wildman–Crippen LogP) is 1.13. The molecule has 1 aromatic rings. The molecule has 0 fully saturated rings. The van der Waals surface area contributed by atoms with Gasteiger partial charge in [-0.1, -0.05) is 0 Å². The summed E-state index contributed by atoms with van der Waals surface area (Å²) >= 11 is 1.32. The van der Waals surface area contributed by atoms with Gasteiger partial charge in [-0.2, -0.15) is 0 Å². The molecular formula is C8H11NO3S. The summed E-state index contributed by atoms with van der Waals surface area (Å²) in [5.41, 5.74) is 0. The van der Waals surface area contributed by atoms with Crippen molar-refractivity contribution < 1.29 is 14.6 Å². The molecule has 0 radical (unpaired) electrons. The van der Waals surface area contributed by atoms with Crippen molar-refractivity contribution in [3.8, 4) is 0 Å². The Kier molecular flexibility index (Phi) is 3.85. The molecule has 1 heterocycles. The zero-order valence-corrected chi connectivity index (χ0v) is 8.08. The molecule has 0 bridgehead atoms. The van der Waals surface area contributed by atoms with Gasteiger partial charge >= 0.3 is 5.97 Å². The SMILES string of the molecule is CCOC(=O)CC(O)c1nccs1. The fourth-order valence-electron chi connectivity index (χ4n) is 0.864. The van der Waals surface area contributed by atoms with Crippen molar-refractivity contribution in [2.24, 2.45) is 0 Å². The second kappa shape index (κ2) is 4.94. The molecule has 1 aromatic heterocycles. The first-order chi connectivity index (χ1) is 6.24. The van der Waals surface area contributed by atoms with E-state index in [1.54, 1.807) is 18.5 Å². The number of aromatic nitrogens is 1. The fourth-order valence-corrected chi connectivity index (χ4v) is 1.49. The molecule has 4 nitrogen and oxygen atoms in total. The minimum Gasteiger partial charge on any atom is -0.466 e. The summed E-state index contributed by atoms with van der Waals surface area (Å²) in [4.78, 5) is 14.8. The molecule has 0 spiro atoms. The maximum absolute atomic E-state index is 10.9. The summed E-state index contributed by atoms with van der Waals surface area (Å²) in [6.07, 6.45) is 0.731. The molecule has 1 rings (SSSR count). The molecule has 1 atom stereocenters. The largest absolute Gasteiger partial charge is 0.466 e. The first kappa shape index (κ1) is 10.1. The smallest absolute Gasteiger partial charge is 0.308 e. The van der Waals surface area contributed by atoms with E-state index in [4.69, 9.17) is 0 Å². The van der Waals surface area contributed by atoms with Crippen LogP contribution in [0.5, 0.6) is 0 Å². The van der Waals surface area contributed by atoms with Gasteiger partial charge in [0.05, 0.1) is 13.0 Å². The molecule has 13 heavy (non-hydrogen) atoms. The lowest BCUT2D eigenvalue weighted by Gasteiger charge is -2.05. The number of aliphatic hydroxyl groups is 1. The van der Waals surface area contributed by atoms with Crippen LogP contribution in [-0.2, 0) is 9.53 Å². The van der Waals surface area contributed by atoms with Gasteiger partial charge in [0.2, 0.25) is 0 Å². The Balaban J connectivity index is 2.42. The third-order valence-corrected chi connectivity index (χ3v) is 2.28. The highest BCUT2D eigenvalue weighted by molar-refractivity contribution is 7.09. The highest BCUT2D eigenvalue weighted by Crippen LogP contribution is 2.18. The van der Waals surface area contributed by atoms with Gasteiger partial charge in [0.25, 0.3) is 0 Å². The average Bonchev–Trinajstić information content (AvgIpc) is 2.55. The minimum absolute atomic E-state index is 0.0264. The van der Waals surface area contributed by atoms with Crippen molar-refractivity contribution in [1.29, 1.82) is 0 Å². The lowest BCUT2D eigenvalue weighted by atomic mass is 10.3. The number of ether oxygens (including phenoxy) is 1. The summed E-state index contributed by atoms with van der Waals surface area (Å²) in [6, 6.07) is 0. The maximum Gasteiger partial charge on any atom is 0.308 e. The number of hydrogen-bond donors (Lipinski definition) is 1. The van der Waals surface area contributed by atoms with E-state index < -0.39 is 12.1 Å². The number of nitrogens with zero attached hydrogens (tertiary/aromatic N) is 1. The maximum atomic E-state index is 10.9. The van der Waals surface area contributed by atoms with Crippen molar-refractivity contribution in [1.82, 2.24) is 4.98 Å². The van der Waals surface area contributed by atoms with Gasteiger partial charge in [-0.05, 0) is 6.92 Å². The number of hydrogen-bond acceptors (Lipinski definition) is 5. The van der Waals surface area contributed by atoms with Crippen LogP contribution < -0.4 is 0 Å². The van der Waals surface area contributed by atoms with Gasteiger partial charge in [0.1, 0.15) is 11.1 Å². The van der Waals surface area contributed by atoms with Gasteiger partial charge in [0.15, 0.2) is 0 Å². The van der Waals surface area contributed by atoms with Gasteiger partial charge < -0.3 is 9.84 Å². The summed E-state index contributed by atoms with van der Waals surface area (Å²) in [7, 11) is 0. The van der Waals surface area contributed by atoms with Gasteiger partial charge in [0, 0.05) is 11.6 Å². The Morgan fingerprint density at radius 3 is 3.15 bits per heavy atom. The average molecular weight is 201 g/mol. The number of esters is 1. The van der Waals surface area contributed by atoms with Gasteiger partial charge in [-0.25, -0.2) is 4.98 Å². The Bertz CT molecular complexity index is 260. The number of carbonyl (C=O) groups is 1. The molecule has 0 aliphatic heterocycles. The normalized spacial score (nSPS) is 12.5. The lowest BCUT2D eigenvalue weighted by molar-refractivity contribution is -0.145. The highest BCUT2D eigenvalue weighted by Gasteiger charge is 2.15. The third-order valence-electron chi connectivity index (χ3n) is 1.40. The van der Waals surface area contributed by atoms with Crippen LogP contribution in [0.2, 0.25) is 0 Å². The van der Waals surface area contributed by atoms with Crippen molar-refractivity contribution in [2.45, 2.75) is 19.4 Å². The zero-order chi connectivity index (χ0) is 9.68. The number of rotatable bonds is 4. The number of thiazole rings is 1. The van der Waals surface area contributed by atoms with Crippen LogP contribution in [-0.4, -0.2) is 22.7 Å². The van der Waals surface area contributed by atoms with Crippen LogP contribution in [0.25, 0.3) is 0 Å². The van der Waals surface area contributed by atoms with E-state index in [0.29, 0.717) is 11.6 Å². The molecule has 0 aliphatic carbocycles. The van der Waals surface area contributed by atoms with E-state index >= 15 is 0 Å². The van der Waals surface area contributed by atoms with Crippen LogP contribution >= 0.6 is 11.3 Å². The van der Waals surface area contributed by atoms with Crippen LogP contribution in [0.1, 0.15) is 24.5 Å². The van der Waals surface area contributed by atoms with E-state index in [0.717, 1.165) is 0 Å². The molecule has 0 aliphatic rings. The summed E-state index contributed by atoms with van der Waals surface area (Å²) in [6.45, 7) is 2.07. The van der Waals surface area contributed by atoms with Crippen molar-refractivity contribution >= 4 is 17.3 Å². The molecule has 1 N–H and O–H groups in total. The number of carbonyl (C=O) groups excluding carboxylic acids is 1. The Morgan fingerprint density at radius 2 is 2.62 bits per heavy atom. The molecule has 72 valence electrons. The molecule has 0 saturated carbocycles.